The molecule has 1 amide bonds. The Morgan fingerprint density at radius 2 is 2.14 bits per heavy atom. The topological polar surface area (TPSA) is 98.7 Å². The summed E-state index contributed by atoms with van der Waals surface area (Å²) in [4.78, 5) is 11.3. The Labute approximate surface area is 133 Å². The van der Waals surface area contributed by atoms with Crippen LogP contribution in [0.5, 0.6) is 5.75 Å². The van der Waals surface area contributed by atoms with Gasteiger partial charge in [0.1, 0.15) is 18.0 Å². The van der Waals surface area contributed by atoms with Crippen molar-refractivity contribution in [3.63, 3.8) is 0 Å². The van der Waals surface area contributed by atoms with Crippen LogP contribution in [0.15, 0.2) is 6.07 Å². The van der Waals surface area contributed by atoms with Gasteiger partial charge in [-0.05, 0) is 30.5 Å². The van der Waals surface area contributed by atoms with E-state index < -0.39 is 39.9 Å². The van der Waals surface area contributed by atoms with Crippen molar-refractivity contribution in [1.82, 2.24) is 10.0 Å². The summed E-state index contributed by atoms with van der Waals surface area (Å²) >= 11 is 0. The van der Waals surface area contributed by atoms with Crippen molar-refractivity contribution in [2.75, 3.05) is 10.8 Å². The number of rotatable bonds is 1. The number of carbonyl (C=O) groups is 1. The smallest absolute Gasteiger partial charge is 0.326 e. The van der Waals surface area contributed by atoms with Crippen LogP contribution in [-0.2, 0) is 28.0 Å². The van der Waals surface area contributed by atoms with E-state index in [0.717, 1.165) is 0 Å². The van der Waals surface area contributed by atoms with Crippen molar-refractivity contribution in [2.24, 2.45) is 0 Å². The second-order valence-electron chi connectivity index (χ2n) is 5.22. The van der Waals surface area contributed by atoms with Crippen LogP contribution in [0.25, 0.3) is 0 Å². The summed E-state index contributed by atoms with van der Waals surface area (Å²) < 4.78 is 40.6. The first-order valence-electron chi connectivity index (χ1n) is 6.39. The number of phenols is 1. The number of hydrogen-bond acceptors (Lipinski definition) is 5. The molecule has 122 valence electrons. The average molecular weight is 352 g/mol. The molecular weight excluding hydrogens is 337 g/mol. The summed E-state index contributed by atoms with van der Waals surface area (Å²) in [7, 11) is -4.16. The van der Waals surface area contributed by atoms with E-state index in [-0.39, 0.29) is 18.4 Å². The minimum atomic E-state index is -4.16. The highest BCUT2D eigenvalue weighted by molar-refractivity contribution is 7.92. The number of nitrogens with zero attached hydrogens (tertiary/aromatic N) is 1. The van der Waals surface area contributed by atoms with Gasteiger partial charge in [-0.2, -0.15) is 8.42 Å². The van der Waals surface area contributed by atoms with Crippen molar-refractivity contribution in [3.8, 4) is 5.75 Å². The van der Waals surface area contributed by atoms with Crippen molar-refractivity contribution >= 4 is 34.2 Å². The molecule has 2 aliphatic rings. The van der Waals surface area contributed by atoms with E-state index >= 15 is 0 Å². The van der Waals surface area contributed by atoms with Crippen LogP contribution in [0, 0.1) is 5.82 Å². The Balaban J connectivity index is 0.00000176. The molecule has 0 saturated carbocycles. The molecule has 1 atom stereocenters. The van der Waals surface area contributed by atoms with Crippen molar-refractivity contribution in [1.29, 1.82) is 0 Å². The largest absolute Gasteiger partial charge is 0.506 e. The van der Waals surface area contributed by atoms with Gasteiger partial charge in [-0.15, -0.1) is 12.4 Å². The van der Waals surface area contributed by atoms with Gasteiger partial charge in [0.15, 0.2) is 5.82 Å². The average Bonchev–Trinajstić information content (AvgIpc) is 2.64. The van der Waals surface area contributed by atoms with Crippen molar-refractivity contribution < 1.29 is 22.7 Å². The highest BCUT2D eigenvalue weighted by atomic mass is 35.5. The number of aromatic hydroxyl groups is 1. The van der Waals surface area contributed by atoms with Gasteiger partial charge in [-0.3, -0.25) is 4.79 Å². The normalized spacial score (nSPS) is 22.7. The van der Waals surface area contributed by atoms with E-state index in [1.54, 1.807) is 4.72 Å². The highest BCUT2D eigenvalue weighted by Gasteiger charge is 2.38. The van der Waals surface area contributed by atoms with Crippen molar-refractivity contribution in [3.05, 3.63) is 23.0 Å². The van der Waals surface area contributed by atoms with Gasteiger partial charge < -0.3 is 10.4 Å². The van der Waals surface area contributed by atoms with Crippen LogP contribution in [0.3, 0.4) is 0 Å². The molecule has 3 N–H and O–H groups in total. The Morgan fingerprint density at radius 3 is 2.73 bits per heavy atom. The lowest BCUT2D eigenvalue weighted by atomic mass is 9.95. The van der Waals surface area contributed by atoms with Crippen LogP contribution in [0.2, 0.25) is 0 Å². The summed E-state index contributed by atoms with van der Waals surface area (Å²) in [6.45, 7) is 1.73. The van der Waals surface area contributed by atoms with E-state index in [4.69, 9.17) is 0 Å². The molecule has 1 aromatic carbocycles. The van der Waals surface area contributed by atoms with Crippen LogP contribution in [0.4, 0.5) is 10.1 Å². The summed E-state index contributed by atoms with van der Waals surface area (Å²) in [5.41, 5.74) is 0.479. The zero-order chi connectivity index (χ0) is 15.4. The summed E-state index contributed by atoms with van der Waals surface area (Å²) in [5.74, 6) is -2.05. The fourth-order valence-electron chi connectivity index (χ4n) is 2.64. The third-order valence-electron chi connectivity index (χ3n) is 3.63. The minimum absolute atomic E-state index is 0. The summed E-state index contributed by atoms with van der Waals surface area (Å²) in [6.07, 6.45) is 0.379. The third-order valence-corrected chi connectivity index (χ3v) is 5.01. The monoisotopic (exact) mass is 351 g/mol. The number of halogens is 2. The maximum atomic E-state index is 14.7. The van der Waals surface area contributed by atoms with Crippen LogP contribution >= 0.6 is 12.4 Å². The zero-order valence-corrected chi connectivity index (χ0v) is 13.2. The van der Waals surface area contributed by atoms with E-state index in [1.807, 2.05) is 6.92 Å². The first-order chi connectivity index (χ1) is 9.79. The summed E-state index contributed by atoms with van der Waals surface area (Å²) in [6, 6.07) is 1.38. The van der Waals surface area contributed by atoms with E-state index in [1.165, 1.54) is 6.07 Å². The summed E-state index contributed by atoms with van der Waals surface area (Å²) in [5, 5.41) is 13.1. The number of benzene rings is 1. The lowest BCUT2D eigenvalue weighted by molar-refractivity contribution is -0.117. The van der Waals surface area contributed by atoms with Gasteiger partial charge >= 0.3 is 10.2 Å². The number of phenolic OH excluding ortho intramolecular Hbond substituents is 1. The lowest BCUT2D eigenvalue weighted by Gasteiger charge is -2.26. The number of carbonyl (C=O) groups excluding carboxylic acids is 1. The highest BCUT2D eigenvalue weighted by Crippen LogP contribution is 2.38. The molecule has 1 fully saturated rings. The fraction of sp³-hybridized carbons (Fsp3) is 0.417. The van der Waals surface area contributed by atoms with Gasteiger partial charge in [-0.25, -0.2) is 13.4 Å². The molecule has 2 heterocycles. The molecule has 22 heavy (non-hydrogen) atoms. The molecule has 0 aliphatic carbocycles. The van der Waals surface area contributed by atoms with Gasteiger partial charge in [0, 0.05) is 12.6 Å². The van der Waals surface area contributed by atoms with E-state index in [2.05, 4.69) is 5.32 Å². The molecule has 10 heteroatoms. The van der Waals surface area contributed by atoms with E-state index in [0.29, 0.717) is 28.4 Å². The molecule has 3 rings (SSSR count). The molecule has 0 radical (unpaired) electrons. The van der Waals surface area contributed by atoms with Gasteiger partial charge in [0.2, 0.25) is 0 Å². The molecule has 7 nitrogen and oxygen atoms in total. The number of nitrogens with one attached hydrogen (secondary N) is 2. The Bertz CT molecular complexity index is 740. The molecule has 2 aliphatic heterocycles. The van der Waals surface area contributed by atoms with Gasteiger partial charge in [0.25, 0.3) is 5.91 Å². The molecule has 0 unspecified atom stereocenters. The Morgan fingerprint density at radius 1 is 1.45 bits per heavy atom. The molecule has 1 saturated heterocycles. The first kappa shape index (κ1) is 16.8. The van der Waals surface area contributed by atoms with Crippen LogP contribution in [-0.4, -0.2) is 32.0 Å². The fourth-order valence-corrected chi connectivity index (χ4v) is 3.80. The second-order valence-corrected chi connectivity index (χ2v) is 6.81. The van der Waals surface area contributed by atoms with Gasteiger partial charge in [-0.1, -0.05) is 0 Å². The quantitative estimate of drug-likeness (QED) is 0.670. The molecule has 0 bridgehead atoms. The Kier molecular flexibility index (Phi) is 4.24. The standard InChI is InChI=1S/C12H14FN3O4S.ClH/c1-6-2-8-7(4-14-6)3-9(17)12(11(8)13)16-5-10(18)15-21(16,19)20;/h3,6,14,17H,2,4-5H2,1H3,(H,15,18);1H/t6-;/m0./s1. The SMILES string of the molecule is C[C@H]1Cc2c(cc(O)c(N3CC(=O)NS3(=O)=O)c2F)CN1.Cl. The number of hydrogen-bond donors (Lipinski definition) is 3. The molecule has 0 spiro atoms. The number of fused-ring (bicyclic) bond motifs is 1. The zero-order valence-electron chi connectivity index (χ0n) is 11.6. The van der Waals surface area contributed by atoms with E-state index in [9.17, 15) is 22.7 Å². The third kappa shape index (κ3) is 2.59. The predicted molar refractivity (Wildman–Crippen MR) is 79.7 cm³/mol. The maximum Gasteiger partial charge on any atom is 0.326 e. The second kappa shape index (κ2) is 5.56. The predicted octanol–water partition coefficient (Wildman–Crippen LogP) is 0.168. The van der Waals surface area contributed by atoms with Gasteiger partial charge in [0.05, 0.1) is 0 Å². The minimum Gasteiger partial charge on any atom is -0.506 e. The van der Waals surface area contributed by atoms with Crippen molar-refractivity contribution in [2.45, 2.75) is 25.9 Å². The lowest BCUT2D eigenvalue weighted by Crippen LogP contribution is -2.35. The Hall–Kier alpha value is -1.58. The maximum absolute atomic E-state index is 14.7. The first-order valence-corrected chi connectivity index (χ1v) is 7.83. The molecular formula is C12H15ClFN3O4S. The number of anilines is 1. The van der Waals surface area contributed by atoms with Crippen LogP contribution in [0.1, 0.15) is 18.1 Å². The molecule has 0 aromatic heterocycles. The van der Waals surface area contributed by atoms with Crippen LogP contribution < -0.4 is 14.3 Å². The number of amides is 1. The molecule has 1 aromatic rings.